The number of urea groups is 1. The molecule has 102 valence electrons. The number of hydrogen-bond donors (Lipinski definition) is 0. The van der Waals surface area contributed by atoms with Crippen molar-refractivity contribution in [2.45, 2.75) is 25.8 Å². The molecule has 0 radical (unpaired) electrons. The molecule has 0 aromatic heterocycles. The van der Waals surface area contributed by atoms with Crippen LogP contribution in [-0.2, 0) is 4.79 Å². The van der Waals surface area contributed by atoms with Gasteiger partial charge in [-0.1, -0.05) is 13.0 Å². The van der Waals surface area contributed by atoms with Crippen LogP contribution in [0, 0.1) is 17.2 Å². The highest BCUT2D eigenvalue weighted by Crippen LogP contribution is 2.33. The Morgan fingerprint density at radius 2 is 2.15 bits per heavy atom. The van der Waals surface area contributed by atoms with Crippen molar-refractivity contribution in [2.75, 3.05) is 11.4 Å². The van der Waals surface area contributed by atoms with Crippen molar-refractivity contribution < 1.29 is 9.59 Å². The van der Waals surface area contributed by atoms with Crippen LogP contribution in [-0.4, -0.2) is 29.4 Å². The number of rotatable bonds is 1. The van der Waals surface area contributed by atoms with Crippen molar-refractivity contribution in [3.63, 3.8) is 0 Å². The number of nitriles is 1. The summed E-state index contributed by atoms with van der Waals surface area (Å²) in [6.45, 7) is 2.64. The molecule has 0 bridgehead atoms. The average Bonchev–Trinajstić information content (AvgIpc) is 2.72. The number of anilines is 1. The fraction of sp³-hybridized carbons (Fsp3) is 0.400. The lowest BCUT2D eigenvalue weighted by Crippen LogP contribution is -2.44. The fourth-order valence-corrected chi connectivity index (χ4v) is 3.09. The molecule has 0 saturated carbocycles. The van der Waals surface area contributed by atoms with Crippen molar-refractivity contribution in [1.29, 1.82) is 5.26 Å². The molecule has 3 rings (SSSR count). The Labute approximate surface area is 117 Å². The van der Waals surface area contributed by atoms with Crippen LogP contribution in [0.2, 0.25) is 0 Å². The minimum Gasteiger partial charge on any atom is -0.312 e. The van der Waals surface area contributed by atoms with E-state index in [1.54, 1.807) is 29.2 Å². The molecule has 20 heavy (non-hydrogen) atoms. The molecular weight excluding hydrogens is 254 g/mol. The predicted molar refractivity (Wildman–Crippen MR) is 72.9 cm³/mol. The molecule has 0 N–H and O–H groups in total. The Balaban J connectivity index is 2.00. The standard InChI is InChI=1S/C15H15N3O2/c1-10-4-3-7-17-13(10)14(19)18(15(17)20)12-6-2-5-11(8-12)9-16/h2,5-6,8,10,13H,3-4,7H2,1H3. The number of amides is 3. The maximum absolute atomic E-state index is 12.5. The zero-order chi connectivity index (χ0) is 14.3. The SMILES string of the molecule is CC1CCCN2C(=O)N(c3cccc(C#N)c3)C(=O)C12. The Kier molecular flexibility index (Phi) is 2.94. The Morgan fingerprint density at radius 3 is 2.85 bits per heavy atom. The second-order valence-corrected chi connectivity index (χ2v) is 5.38. The van der Waals surface area contributed by atoms with Crippen LogP contribution in [0.25, 0.3) is 0 Å². The Morgan fingerprint density at radius 1 is 1.35 bits per heavy atom. The highest BCUT2D eigenvalue weighted by atomic mass is 16.2. The van der Waals surface area contributed by atoms with E-state index < -0.39 is 0 Å². The summed E-state index contributed by atoms with van der Waals surface area (Å²) in [5, 5.41) is 8.94. The molecule has 0 aliphatic carbocycles. The number of benzene rings is 1. The Bertz CT molecular complexity index is 620. The third kappa shape index (κ3) is 1.76. The summed E-state index contributed by atoms with van der Waals surface area (Å²) in [6.07, 6.45) is 1.90. The van der Waals surface area contributed by atoms with Crippen LogP contribution in [0.1, 0.15) is 25.3 Å². The number of imide groups is 1. The van der Waals surface area contributed by atoms with Crippen molar-refractivity contribution in [3.05, 3.63) is 29.8 Å². The molecule has 1 aromatic carbocycles. The van der Waals surface area contributed by atoms with Crippen LogP contribution in [0.4, 0.5) is 10.5 Å². The normalized spacial score (nSPS) is 25.6. The molecule has 2 unspecified atom stereocenters. The zero-order valence-electron chi connectivity index (χ0n) is 11.2. The van der Waals surface area contributed by atoms with Gasteiger partial charge in [-0.15, -0.1) is 0 Å². The van der Waals surface area contributed by atoms with E-state index in [9.17, 15) is 9.59 Å². The van der Waals surface area contributed by atoms with Gasteiger partial charge >= 0.3 is 6.03 Å². The zero-order valence-corrected chi connectivity index (χ0v) is 11.2. The highest BCUT2D eigenvalue weighted by molar-refractivity contribution is 6.21. The average molecular weight is 269 g/mol. The van der Waals surface area contributed by atoms with Gasteiger partial charge in [0.05, 0.1) is 17.3 Å². The largest absolute Gasteiger partial charge is 0.332 e. The van der Waals surface area contributed by atoms with Gasteiger partial charge in [0.15, 0.2) is 0 Å². The summed E-state index contributed by atoms with van der Waals surface area (Å²) in [7, 11) is 0. The molecule has 1 aromatic rings. The third-order valence-corrected chi connectivity index (χ3v) is 4.08. The third-order valence-electron chi connectivity index (χ3n) is 4.08. The summed E-state index contributed by atoms with van der Waals surface area (Å²) in [5.41, 5.74) is 0.932. The summed E-state index contributed by atoms with van der Waals surface area (Å²) < 4.78 is 0. The van der Waals surface area contributed by atoms with E-state index in [4.69, 9.17) is 5.26 Å². The summed E-state index contributed by atoms with van der Waals surface area (Å²) in [6, 6.07) is 8.04. The molecule has 0 spiro atoms. The van der Waals surface area contributed by atoms with Crippen LogP contribution >= 0.6 is 0 Å². The van der Waals surface area contributed by atoms with Crippen LogP contribution in [0.15, 0.2) is 24.3 Å². The van der Waals surface area contributed by atoms with Gasteiger partial charge in [0, 0.05) is 6.54 Å². The number of hydrogen-bond acceptors (Lipinski definition) is 3. The molecule has 2 fully saturated rings. The van der Waals surface area contributed by atoms with E-state index in [0.29, 0.717) is 17.8 Å². The van der Waals surface area contributed by atoms with Gasteiger partial charge in [0.1, 0.15) is 6.04 Å². The van der Waals surface area contributed by atoms with E-state index >= 15 is 0 Å². The number of nitrogens with zero attached hydrogens (tertiary/aromatic N) is 3. The van der Waals surface area contributed by atoms with E-state index in [-0.39, 0.29) is 23.9 Å². The molecule has 5 heteroatoms. The van der Waals surface area contributed by atoms with Crippen molar-refractivity contribution >= 4 is 17.6 Å². The fourth-order valence-electron chi connectivity index (χ4n) is 3.09. The minimum atomic E-state index is -0.345. The van der Waals surface area contributed by atoms with E-state index in [2.05, 4.69) is 0 Å². The van der Waals surface area contributed by atoms with Crippen LogP contribution < -0.4 is 4.90 Å². The maximum Gasteiger partial charge on any atom is 0.332 e. The summed E-state index contributed by atoms with van der Waals surface area (Å²) in [5.74, 6) is 0.0154. The van der Waals surface area contributed by atoms with Gasteiger partial charge < -0.3 is 4.90 Å². The lowest BCUT2D eigenvalue weighted by Gasteiger charge is -2.31. The van der Waals surface area contributed by atoms with E-state index in [1.165, 1.54) is 4.90 Å². The lowest BCUT2D eigenvalue weighted by atomic mass is 9.91. The van der Waals surface area contributed by atoms with Gasteiger partial charge in [-0.2, -0.15) is 5.26 Å². The van der Waals surface area contributed by atoms with Crippen LogP contribution in [0.3, 0.4) is 0 Å². The second kappa shape index (κ2) is 4.64. The number of carbonyl (C=O) groups excluding carboxylic acids is 2. The molecule has 3 amide bonds. The van der Waals surface area contributed by atoms with Crippen molar-refractivity contribution in [2.24, 2.45) is 5.92 Å². The highest BCUT2D eigenvalue weighted by Gasteiger charge is 2.49. The van der Waals surface area contributed by atoms with Gasteiger partial charge in [0.25, 0.3) is 5.91 Å². The predicted octanol–water partition coefficient (Wildman–Crippen LogP) is 2.13. The first-order chi connectivity index (χ1) is 9.63. The van der Waals surface area contributed by atoms with Gasteiger partial charge in [-0.05, 0) is 37.0 Å². The smallest absolute Gasteiger partial charge is 0.312 e. The summed E-state index contributed by atoms with van der Waals surface area (Å²) in [4.78, 5) is 27.9. The van der Waals surface area contributed by atoms with E-state index in [1.807, 2.05) is 13.0 Å². The lowest BCUT2D eigenvalue weighted by molar-refractivity contribution is -0.121. The van der Waals surface area contributed by atoms with Gasteiger partial charge in [-0.25, -0.2) is 9.69 Å². The van der Waals surface area contributed by atoms with E-state index in [0.717, 1.165) is 12.8 Å². The molecule has 2 aliphatic rings. The first kappa shape index (κ1) is 12.7. The maximum atomic E-state index is 12.5. The molecule has 2 saturated heterocycles. The summed E-state index contributed by atoms with van der Waals surface area (Å²) >= 11 is 0. The van der Waals surface area contributed by atoms with Crippen molar-refractivity contribution in [3.8, 4) is 6.07 Å². The molecule has 5 nitrogen and oxygen atoms in total. The quantitative estimate of drug-likeness (QED) is 0.733. The monoisotopic (exact) mass is 269 g/mol. The van der Waals surface area contributed by atoms with Crippen LogP contribution in [0.5, 0.6) is 0 Å². The van der Waals surface area contributed by atoms with Gasteiger partial charge in [0.2, 0.25) is 0 Å². The minimum absolute atomic E-state index is 0.169. The number of fused-ring (bicyclic) bond motifs is 1. The molecular formula is C15H15N3O2. The molecule has 2 atom stereocenters. The first-order valence-corrected chi connectivity index (χ1v) is 6.78. The molecule has 2 aliphatic heterocycles. The number of carbonyl (C=O) groups is 2. The Hall–Kier alpha value is -2.35. The topological polar surface area (TPSA) is 64.4 Å². The van der Waals surface area contributed by atoms with Gasteiger partial charge in [-0.3, -0.25) is 4.79 Å². The second-order valence-electron chi connectivity index (χ2n) is 5.38. The number of piperidine rings is 1. The first-order valence-electron chi connectivity index (χ1n) is 6.78. The molecule has 2 heterocycles. The van der Waals surface area contributed by atoms with Crippen molar-refractivity contribution in [1.82, 2.24) is 4.90 Å².